The number of halogens is 3. The molecule has 3 rings (SSSR count). The van der Waals surface area contributed by atoms with Gasteiger partial charge in [-0.05, 0) is 42.8 Å². The normalized spacial score (nSPS) is 14.7. The van der Waals surface area contributed by atoms with Gasteiger partial charge in [-0.2, -0.15) is 13.2 Å². The lowest BCUT2D eigenvalue weighted by Crippen LogP contribution is -2.04. The van der Waals surface area contributed by atoms with Gasteiger partial charge in [-0.1, -0.05) is 0 Å². The highest BCUT2D eigenvalue weighted by Crippen LogP contribution is 2.33. The van der Waals surface area contributed by atoms with E-state index in [0.717, 1.165) is 12.1 Å². The Balaban J connectivity index is 1.81. The van der Waals surface area contributed by atoms with Gasteiger partial charge in [0, 0.05) is 12.5 Å². The summed E-state index contributed by atoms with van der Waals surface area (Å²) in [5.74, 6) is 1.13. The third kappa shape index (κ3) is 3.47. The predicted molar refractivity (Wildman–Crippen MR) is 77.0 cm³/mol. The molecule has 0 saturated heterocycles. The molecule has 0 aliphatic carbocycles. The molecule has 2 aromatic rings. The average molecular weight is 322 g/mol. The Kier molecular flexibility index (Phi) is 3.98. The molecule has 0 amide bonds. The molecule has 3 nitrogen and oxygen atoms in total. The van der Waals surface area contributed by atoms with Crippen LogP contribution in [0.1, 0.15) is 28.8 Å². The van der Waals surface area contributed by atoms with E-state index in [1.807, 2.05) is 0 Å². The first-order valence-corrected chi connectivity index (χ1v) is 7.09. The largest absolute Gasteiger partial charge is 0.493 e. The van der Waals surface area contributed by atoms with Crippen LogP contribution in [0.4, 0.5) is 13.2 Å². The van der Waals surface area contributed by atoms with Crippen molar-refractivity contribution in [3.05, 3.63) is 53.6 Å². The molecule has 23 heavy (non-hydrogen) atoms. The quantitative estimate of drug-likeness (QED) is 0.792. The minimum absolute atomic E-state index is 0.0126. The standard InChI is InChI=1S/C17H13F3O3/c18-17(19,20)11-3-5-12(6-4-11)23-13-7-8-14-15(21)2-1-9-22-16(14)10-13/h3-8,10H,1-2,9H2. The molecule has 0 fully saturated rings. The molecule has 6 heteroatoms. The van der Waals surface area contributed by atoms with Crippen molar-refractivity contribution in [1.29, 1.82) is 0 Å². The lowest BCUT2D eigenvalue weighted by atomic mass is 10.1. The first kappa shape index (κ1) is 15.4. The van der Waals surface area contributed by atoms with Gasteiger partial charge in [0.25, 0.3) is 0 Å². The lowest BCUT2D eigenvalue weighted by Gasteiger charge is -2.11. The first-order valence-electron chi connectivity index (χ1n) is 7.09. The van der Waals surface area contributed by atoms with E-state index < -0.39 is 11.7 Å². The zero-order chi connectivity index (χ0) is 16.4. The van der Waals surface area contributed by atoms with E-state index in [1.165, 1.54) is 12.1 Å². The molecular formula is C17H13F3O3. The predicted octanol–water partition coefficient (Wildman–Crippen LogP) is 4.85. The van der Waals surface area contributed by atoms with Crippen molar-refractivity contribution < 1.29 is 27.4 Å². The second-order valence-electron chi connectivity index (χ2n) is 5.16. The molecule has 0 radical (unpaired) electrons. The zero-order valence-electron chi connectivity index (χ0n) is 12.0. The number of hydrogen-bond acceptors (Lipinski definition) is 3. The molecule has 0 saturated carbocycles. The van der Waals surface area contributed by atoms with Crippen LogP contribution in [0.3, 0.4) is 0 Å². The Morgan fingerprint density at radius 3 is 2.39 bits per heavy atom. The number of ketones is 1. The van der Waals surface area contributed by atoms with Crippen LogP contribution in [0.2, 0.25) is 0 Å². The smallest absolute Gasteiger partial charge is 0.416 e. The monoisotopic (exact) mass is 322 g/mol. The van der Waals surface area contributed by atoms with E-state index in [9.17, 15) is 18.0 Å². The van der Waals surface area contributed by atoms with Gasteiger partial charge >= 0.3 is 6.18 Å². The SMILES string of the molecule is O=C1CCCOc2cc(Oc3ccc(C(F)(F)F)cc3)ccc21. The Bertz CT molecular complexity index is 721. The molecule has 0 bridgehead atoms. The van der Waals surface area contributed by atoms with E-state index in [0.29, 0.717) is 36.5 Å². The number of hydrogen-bond donors (Lipinski definition) is 0. The molecule has 120 valence electrons. The van der Waals surface area contributed by atoms with Crippen LogP contribution in [-0.4, -0.2) is 12.4 Å². The minimum Gasteiger partial charge on any atom is -0.493 e. The third-order valence-electron chi connectivity index (χ3n) is 3.48. The van der Waals surface area contributed by atoms with Crippen molar-refractivity contribution in [3.8, 4) is 17.2 Å². The van der Waals surface area contributed by atoms with Crippen molar-refractivity contribution in [1.82, 2.24) is 0 Å². The second-order valence-corrected chi connectivity index (χ2v) is 5.16. The summed E-state index contributed by atoms with van der Waals surface area (Å²) in [6, 6.07) is 9.21. The molecular weight excluding hydrogens is 309 g/mol. The summed E-state index contributed by atoms with van der Waals surface area (Å²) in [4.78, 5) is 11.9. The molecule has 0 N–H and O–H groups in total. The fourth-order valence-electron chi connectivity index (χ4n) is 2.31. The van der Waals surface area contributed by atoms with Gasteiger partial charge in [-0.3, -0.25) is 4.79 Å². The Hall–Kier alpha value is -2.50. The van der Waals surface area contributed by atoms with Gasteiger partial charge in [0.2, 0.25) is 0 Å². The number of carbonyl (C=O) groups excluding carboxylic acids is 1. The maximum Gasteiger partial charge on any atom is 0.416 e. The summed E-state index contributed by atoms with van der Waals surface area (Å²) in [6.07, 6.45) is -3.29. The number of Topliss-reactive ketones (excluding diaryl/α,β-unsaturated/α-hetero) is 1. The lowest BCUT2D eigenvalue weighted by molar-refractivity contribution is -0.137. The number of alkyl halides is 3. The van der Waals surface area contributed by atoms with E-state index in [-0.39, 0.29) is 11.5 Å². The van der Waals surface area contributed by atoms with E-state index in [4.69, 9.17) is 9.47 Å². The van der Waals surface area contributed by atoms with Crippen LogP contribution >= 0.6 is 0 Å². The number of carbonyl (C=O) groups is 1. The molecule has 0 aromatic heterocycles. The van der Waals surface area contributed by atoms with Crippen LogP contribution in [0.25, 0.3) is 0 Å². The van der Waals surface area contributed by atoms with Crippen LogP contribution in [0.15, 0.2) is 42.5 Å². The topological polar surface area (TPSA) is 35.5 Å². The summed E-state index contributed by atoms with van der Waals surface area (Å²) in [7, 11) is 0. The van der Waals surface area contributed by atoms with Gasteiger partial charge in [0.1, 0.15) is 17.2 Å². The zero-order valence-corrected chi connectivity index (χ0v) is 12.0. The average Bonchev–Trinajstić information content (AvgIpc) is 2.68. The maximum absolute atomic E-state index is 12.5. The minimum atomic E-state index is -4.38. The first-order chi connectivity index (χ1) is 10.9. The van der Waals surface area contributed by atoms with Crippen LogP contribution in [-0.2, 0) is 6.18 Å². The van der Waals surface area contributed by atoms with Gasteiger partial charge in [0.15, 0.2) is 5.78 Å². The second kappa shape index (κ2) is 5.95. The summed E-state index contributed by atoms with van der Waals surface area (Å²) in [6.45, 7) is 0.447. The highest BCUT2D eigenvalue weighted by atomic mass is 19.4. The Morgan fingerprint density at radius 1 is 1.00 bits per heavy atom. The van der Waals surface area contributed by atoms with Crippen molar-refractivity contribution in [2.75, 3.05) is 6.61 Å². The Morgan fingerprint density at radius 2 is 1.70 bits per heavy atom. The van der Waals surface area contributed by atoms with Crippen LogP contribution in [0, 0.1) is 0 Å². The molecule has 0 atom stereocenters. The van der Waals surface area contributed by atoms with Gasteiger partial charge in [0.05, 0.1) is 17.7 Å². The number of ether oxygens (including phenoxy) is 2. The molecule has 1 heterocycles. The van der Waals surface area contributed by atoms with E-state index in [2.05, 4.69) is 0 Å². The molecule has 1 aliphatic rings. The highest BCUT2D eigenvalue weighted by molar-refractivity contribution is 5.99. The molecule has 2 aromatic carbocycles. The summed E-state index contributed by atoms with van der Waals surface area (Å²) in [5.41, 5.74) is -0.233. The summed E-state index contributed by atoms with van der Waals surface area (Å²) in [5, 5.41) is 0. The number of rotatable bonds is 2. The van der Waals surface area contributed by atoms with Crippen molar-refractivity contribution in [2.45, 2.75) is 19.0 Å². The molecule has 1 aliphatic heterocycles. The van der Waals surface area contributed by atoms with E-state index in [1.54, 1.807) is 18.2 Å². The summed E-state index contributed by atoms with van der Waals surface area (Å²) >= 11 is 0. The Labute approximate surface area is 130 Å². The van der Waals surface area contributed by atoms with Gasteiger partial charge in [-0.25, -0.2) is 0 Å². The van der Waals surface area contributed by atoms with Crippen molar-refractivity contribution >= 4 is 5.78 Å². The van der Waals surface area contributed by atoms with Gasteiger partial charge < -0.3 is 9.47 Å². The van der Waals surface area contributed by atoms with Crippen LogP contribution < -0.4 is 9.47 Å². The fourth-order valence-corrected chi connectivity index (χ4v) is 2.31. The van der Waals surface area contributed by atoms with E-state index >= 15 is 0 Å². The number of benzene rings is 2. The van der Waals surface area contributed by atoms with Gasteiger partial charge in [-0.15, -0.1) is 0 Å². The fraction of sp³-hybridized carbons (Fsp3) is 0.235. The van der Waals surface area contributed by atoms with Crippen molar-refractivity contribution in [2.24, 2.45) is 0 Å². The summed E-state index contributed by atoms with van der Waals surface area (Å²) < 4.78 is 48.6. The molecule has 0 spiro atoms. The number of fused-ring (bicyclic) bond motifs is 1. The third-order valence-corrected chi connectivity index (χ3v) is 3.48. The van der Waals surface area contributed by atoms with Crippen LogP contribution in [0.5, 0.6) is 17.2 Å². The highest BCUT2D eigenvalue weighted by Gasteiger charge is 2.30. The molecule has 0 unspecified atom stereocenters. The maximum atomic E-state index is 12.5. The van der Waals surface area contributed by atoms with Crippen molar-refractivity contribution in [3.63, 3.8) is 0 Å².